The lowest BCUT2D eigenvalue weighted by atomic mass is 9.91. The van der Waals surface area contributed by atoms with E-state index < -0.39 is 0 Å². The van der Waals surface area contributed by atoms with E-state index in [9.17, 15) is 0 Å². The molecule has 0 aromatic heterocycles. The van der Waals surface area contributed by atoms with Gasteiger partial charge in [-0.05, 0) is 75.5 Å². The number of fused-ring (bicyclic) bond motifs is 6. The highest BCUT2D eigenvalue weighted by Crippen LogP contribution is 2.58. The monoisotopic (exact) mass is 556 g/mol. The van der Waals surface area contributed by atoms with Crippen molar-refractivity contribution in [3.05, 3.63) is 0 Å². The highest BCUT2D eigenvalue weighted by atomic mass is 16.8. The van der Waals surface area contributed by atoms with Gasteiger partial charge >= 0.3 is 0 Å². The molecule has 7 aliphatic rings. The second-order valence-electron chi connectivity index (χ2n) is 12.5. The van der Waals surface area contributed by atoms with E-state index >= 15 is 0 Å². The minimum absolute atomic E-state index is 0.139. The zero-order valence-corrected chi connectivity index (χ0v) is 25.2. The molecule has 0 amide bonds. The van der Waals surface area contributed by atoms with E-state index in [0.717, 1.165) is 75.1 Å². The molecule has 0 aromatic carbocycles. The molecule has 3 aliphatic carbocycles. The summed E-state index contributed by atoms with van der Waals surface area (Å²) >= 11 is 0. The van der Waals surface area contributed by atoms with E-state index in [0.29, 0.717) is 44.7 Å². The highest BCUT2D eigenvalue weighted by Gasteiger charge is 2.61. The highest BCUT2D eigenvalue weighted by molar-refractivity contribution is 5.09. The normalized spacial score (nSPS) is 39.9. The van der Waals surface area contributed by atoms with Gasteiger partial charge in [0.15, 0.2) is 6.29 Å². The maximum Gasteiger partial charge on any atom is 0.181 e. The first kappa shape index (κ1) is 31.6. The smallest absolute Gasteiger partial charge is 0.181 e. The van der Waals surface area contributed by atoms with Crippen LogP contribution in [0.3, 0.4) is 0 Å². The van der Waals surface area contributed by atoms with Gasteiger partial charge in [0.05, 0.1) is 63.6 Å². The van der Waals surface area contributed by atoms with Crippen molar-refractivity contribution in [3.63, 3.8) is 0 Å². The summed E-state index contributed by atoms with van der Waals surface area (Å²) in [6.45, 7) is 16.8. The molecule has 0 N–H and O–H groups in total. The fourth-order valence-corrected chi connectivity index (χ4v) is 6.00. The van der Waals surface area contributed by atoms with Gasteiger partial charge in [-0.3, -0.25) is 0 Å². The second-order valence-corrected chi connectivity index (χ2v) is 12.5. The van der Waals surface area contributed by atoms with Crippen molar-refractivity contribution in [1.29, 1.82) is 0 Å². The van der Waals surface area contributed by atoms with Crippen LogP contribution in [0.5, 0.6) is 0 Å². The molecule has 11 unspecified atom stereocenters. The third kappa shape index (κ3) is 11.8. The summed E-state index contributed by atoms with van der Waals surface area (Å²) in [4.78, 5) is 0. The lowest BCUT2D eigenvalue weighted by molar-refractivity contribution is -0.0267. The molecule has 11 atom stereocenters. The zero-order valence-electron chi connectivity index (χ0n) is 25.2. The summed E-state index contributed by atoms with van der Waals surface area (Å²) in [5.41, 5.74) is 0. The number of ether oxygens (including phenoxy) is 8. The van der Waals surface area contributed by atoms with Crippen molar-refractivity contribution >= 4 is 0 Å². The van der Waals surface area contributed by atoms with Crippen molar-refractivity contribution in [3.8, 4) is 0 Å². The van der Waals surface area contributed by atoms with Gasteiger partial charge < -0.3 is 37.9 Å². The molecule has 7 rings (SSSR count). The van der Waals surface area contributed by atoms with E-state index in [2.05, 4.69) is 27.7 Å². The first-order chi connectivity index (χ1) is 19.0. The van der Waals surface area contributed by atoms with Crippen LogP contribution in [0.15, 0.2) is 0 Å². The summed E-state index contributed by atoms with van der Waals surface area (Å²) < 4.78 is 42.0. The van der Waals surface area contributed by atoms with E-state index in [1.807, 2.05) is 6.92 Å². The summed E-state index contributed by atoms with van der Waals surface area (Å²) in [6.07, 6.45) is 12.6. The van der Waals surface area contributed by atoms with E-state index in [-0.39, 0.29) is 12.4 Å². The molecule has 4 saturated heterocycles. The molecule has 228 valence electrons. The number of hydrogen-bond acceptors (Lipinski definition) is 8. The van der Waals surface area contributed by atoms with Gasteiger partial charge in [0, 0.05) is 13.2 Å². The number of hydrogen-bond donors (Lipinski definition) is 0. The fourth-order valence-electron chi connectivity index (χ4n) is 6.00. The molecule has 7 fully saturated rings. The molecule has 3 saturated carbocycles. The van der Waals surface area contributed by atoms with Crippen LogP contribution in [0.4, 0.5) is 0 Å². The Hall–Kier alpha value is -0.320. The van der Waals surface area contributed by atoms with Crippen molar-refractivity contribution in [1.82, 2.24) is 0 Å². The van der Waals surface area contributed by atoms with Crippen molar-refractivity contribution in [2.75, 3.05) is 52.9 Å². The van der Waals surface area contributed by atoms with E-state index in [1.54, 1.807) is 0 Å². The summed E-state index contributed by atoms with van der Waals surface area (Å²) in [7, 11) is 0. The van der Waals surface area contributed by atoms with Crippen molar-refractivity contribution < 1.29 is 37.9 Å². The SMILES string of the molecule is CC1CC2CC1C1OC21.CC1CCC2OC2C1.CCCOC1CO1.CCCOCCOCC(C)OCC1CO1. The predicted octanol–water partition coefficient (Wildman–Crippen LogP) is 5.01. The standard InChI is InChI=1S/C11H22O4.C8H12O.C7H12O.C5H10O2/c1-3-4-12-5-6-13-7-10(2)14-8-11-9-15-11;1-4-2-5-3-6(4)8-7(5)9-8;1-5-2-3-6-7(4-5)8-6;1-2-3-6-5-4-7-5/h10-11H,3-9H2,1-2H3;4-8H,2-3H2,1H3;5-7H,2-4H2,1H3;5H,2-4H2,1H3. The molecule has 0 spiro atoms. The molecule has 2 bridgehead atoms. The van der Waals surface area contributed by atoms with Gasteiger partial charge in [0.25, 0.3) is 0 Å². The van der Waals surface area contributed by atoms with Gasteiger partial charge in [-0.25, -0.2) is 0 Å². The van der Waals surface area contributed by atoms with Crippen LogP contribution < -0.4 is 0 Å². The van der Waals surface area contributed by atoms with Crippen LogP contribution >= 0.6 is 0 Å². The Bertz CT molecular complexity index is 667. The molecule has 0 aromatic rings. The number of rotatable bonds is 13. The third-order valence-corrected chi connectivity index (χ3v) is 8.55. The first-order valence-corrected chi connectivity index (χ1v) is 15.9. The quantitative estimate of drug-likeness (QED) is 0.231. The van der Waals surface area contributed by atoms with Gasteiger partial charge in [0.1, 0.15) is 12.7 Å². The van der Waals surface area contributed by atoms with Gasteiger partial charge in [-0.1, -0.05) is 27.7 Å². The molecule has 8 nitrogen and oxygen atoms in total. The maximum atomic E-state index is 5.51. The van der Waals surface area contributed by atoms with Gasteiger partial charge in [-0.15, -0.1) is 0 Å². The minimum atomic E-state index is 0.139. The average molecular weight is 557 g/mol. The van der Waals surface area contributed by atoms with Crippen LogP contribution in [0, 0.1) is 23.7 Å². The Kier molecular flexibility index (Phi) is 13.3. The summed E-state index contributed by atoms with van der Waals surface area (Å²) in [5.74, 6) is 3.83. The van der Waals surface area contributed by atoms with E-state index in [1.165, 1.54) is 32.1 Å². The molecule has 4 heterocycles. The Labute approximate surface area is 237 Å². The summed E-state index contributed by atoms with van der Waals surface area (Å²) in [5, 5.41) is 0. The van der Waals surface area contributed by atoms with E-state index in [4.69, 9.17) is 37.9 Å². The third-order valence-electron chi connectivity index (χ3n) is 8.55. The summed E-state index contributed by atoms with van der Waals surface area (Å²) in [6, 6.07) is 0. The Morgan fingerprint density at radius 3 is 2.15 bits per heavy atom. The average Bonchev–Trinajstić information content (AvgIpc) is 3.77. The van der Waals surface area contributed by atoms with Gasteiger partial charge in [-0.2, -0.15) is 0 Å². The second kappa shape index (κ2) is 16.4. The molecule has 4 aliphatic heterocycles. The first-order valence-electron chi connectivity index (χ1n) is 15.9. The topological polar surface area (TPSA) is 87.0 Å². The van der Waals surface area contributed by atoms with Crippen molar-refractivity contribution in [2.24, 2.45) is 23.7 Å². The Morgan fingerprint density at radius 2 is 1.56 bits per heavy atom. The lowest BCUT2D eigenvalue weighted by Crippen LogP contribution is -2.20. The minimum Gasteiger partial charge on any atom is -0.379 e. The Balaban J connectivity index is 0.000000126. The largest absolute Gasteiger partial charge is 0.379 e. The molecular weight excluding hydrogens is 500 g/mol. The zero-order chi connectivity index (χ0) is 27.6. The van der Waals surface area contributed by atoms with Crippen LogP contribution in [0.1, 0.15) is 79.6 Å². The van der Waals surface area contributed by atoms with Crippen LogP contribution in [0.25, 0.3) is 0 Å². The van der Waals surface area contributed by atoms with Gasteiger partial charge in [0.2, 0.25) is 0 Å². The van der Waals surface area contributed by atoms with Crippen molar-refractivity contribution in [2.45, 2.75) is 122 Å². The molecule has 39 heavy (non-hydrogen) atoms. The number of epoxide rings is 4. The fraction of sp³-hybridized carbons (Fsp3) is 1.00. The predicted molar refractivity (Wildman–Crippen MR) is 149 cm³/mol. The van der Waals surface area contributed by atoms with Crippen LogP contribution in [-0.4, -0.2) is 95.8 Å². The Morgan fingerprint density at radius 1 is 0.795 bits per heavy atom. The molecule has 0 radical (unpaired) electrons. The maximum absolute atomic E-state index is 5.51. The lowest BCUT2D eigenvalue weighted by Gasteiger charge is -2.12. The molecular formula is C31H56O8. The van der Waals surface area contributed by atoms with Crippen LogP contribution in [-0.2, 0) is 37.9 Å². The van der Waals surface area contributed by atoms with Crippen LogP contribution in [0.2, 0.25) is 0 Å². The molecule has 8 heteroatoms.